The van der Waals surface area contributed by atoms with Crippen LogP contribution in [0.1, 0.15) is 41.8 Å². The highest BCUT2D eigenvalue weighted by molar-refractivity contribution is 5.79. The minimum absolute atomic E-state index is 0.0926. The Morgan fingerprint density at radius 2 is 1.85 bits per heavy atom. The number of carbonyl (C=O) groups excluding carboxylic acids is 1. The van der Waals surface area contributed by atoms with Crippen molar-refractivity contribution in [1.82, 2.24) is 15.0 Å². The van der Waals surface area contributed by atoms with Crippen molar-refractivity contribution in [2.45, 2.75) is 46.2 Å². The van der Waals surface area contributed by atoms with Crippen molar-refractivity contribution >= 4 is 5.91 Å². The van der Waals surface area contributed by atoms with E-state index in [4.69, 9.17) is 4.52 Å². The van der Waals surface area contributed by atoms with Crippen LogP contribution in [0.2, 0.25) is 0 Å². The average Bonchev–Trinajstić information content (AvgIpc) is 3.13. The van der Waals surface area contributed by atoms with E-state index in [0.29, 0.717) is 13.0 Å². The summed E-state index contributed by atoms with van der Waals surface area (Å²) in [5, 5.41) is 4.00. The molecular formula is C21H26FN3O2. The molecule has 5 nitrogen and oxygen atoms in total. The van der Waals surface area contributed by atoms with Crippen LogP contribution in [0.4, 0.5) is 4.39 Å². The van der Waals surface area contributed by atoms with Gasteiger partial charge in [-0.15, -0.1) is 0 Å². The number of hydrogen-bond acceptors (Lipinski definition) is 4. The zero-order chi connectivity index (χ0) is 19.0. The van der Waals surface area contributed by atoms with E-state index >= 15 is 0 Å². The second kappa shape index (κ2) is 7.08. The maximum absolute atomic E-state index is 13.1. The Morgan fingerprint density at radius 1 is 1.15 bits per heavy atom. The molecule has 0 N–H and O–H groups in total. The molecule has 2 aliphatic heterocycles. The highest BCUT2D eigenvalue weighted by Gasteiger charge is 2.45. The molecule has 144 valence electrons. The number of benzene rings is 1. The summed E-state index contributed by atoms with van der Waals surface area (Å²) in [6, 6.07) is 6.74. The molecule has 27 heavy (non-hydrogen) atoms. The molecule has 4 rings (SSSR count). The Bertz CT molecular complexity index is 803. The van der Waals surface area contributed by atoms with Crippen LogP contribution in [0.3, 0.4) is 0 Å². The van der Waals surface area contributed by atoms with Crippen LogP contribution in [0.5, 0.6) is 0 Å². The van der Waals surface area contributed by atoms with Crippen molar-refractivity contribution in [3.63, 3.8) is 0 Å². The van der Waals surface area contributed by atoms with Crippen LogP contribution in [0.15, 0.2) is 28.8 Å². The van der Waals surface area contributed by atoms with E-state index in [9.17, 15) is 9.18 Å². The van der Waals surface area contributed by atoms with Crippen molar-refractivity contribution in [2.75, 3.05) is 19.6 Å². The normalized spacial score (nSPS) is 20.0. The van der Waals surface area contributed by atoms with Crippen LogP contribution >= 0.6 is 0 Å². The molecule has 1 amide bonds. The van der Waals surface area contributed by atoms with Gasteiger partial charge < -0.3 is 9.42 Å². The first-order chi connectivity index (χ1) is 12.9. The van der Waals surface area contributed by atoms with Gasteiger partial charge in [-0.25, -0.2) is 4.39 Å². The van der Waals surface area contributed by atoms with E-state index in [-0.39, 0.29) is 17.1 Å². The number of aromatic nitrogens is 1. The molecule has 0 saturated carbocycles. The zero-order valence-electron chi connectivity index (χ0n) is 16.0. The van der Waals surface area contributed by atoms with E-state index < -0.39 is 0 Å². The summed E-state index contributed by atoms with van der Waals surface area (Å²) in [6.45, 7) is 8.04. The molecule has 0 aliphatic carbocycles. The van der Waals surface area contributed by atoms with Gasteiger partial charge in [-0.1, -0.05) is 17.3 Å². The van der Waals surface area contributed by atoms with Crippen LogP contribution in [-0.2, 0) is 17.9 Å². The summed E-state index contributed by atoms with van der Waals surface area (Å²) in [7, 11) is 0. The van der Waals surface area contributed by atoms with E-state index in [1.54, 1.807) is 0 Å². The zero-order valence-corrected chi connectivity index (χ0v) is 16.0. The Morgan fingerprint density at radius 3 is 2.48 bits per heavy atom. The lowest BCUT2D eigenvalue weighted by Crippen LogP contribution is -2.41. The van der Waals surface area contributed by atoms with Crippen molar-refractivity contribution in [3.8, 4) is 0 Å². The van der Waals surface area contributed by atoms with Crippen LogP contribution in [-0.4, -0.2) is 40.5 Å². The standard InChI is InChI=1S/C21H26FN3O2/c1-15-19(16(2)27-23-15)13-25-14-21(11-20(25)26)7-9-24(10-8-21)12-17-3-5-18(22)6-4-17/h3-6H,7-14H2,1-2H3. The fraction of sp³-hybridized carbons (Fsp3) is 0.524. The molecular weight excluding hydrogens is 345 g/mol. The van der Waals surface area contributed by atoms with E-state index in [1.165, 1.54) is 12.1 Å². The molecule has 0 bridgehead atoms. The highest BCUT2D eigenvalue weighted by atomic mass is 19.1. The fourth-order valence-corrected chi connectivity index (χ4v) is 4.41. The molecule has 1 spiro atoms. The SMILES string of the molecule is Cc1noc(C)c1CN1CC2(CCN(Cc3ccc(F)cc3)CC2)CC1=O. The number of hydrogen-bond donors (Lipinski definition) is 0. The third-order valence-corrected chi connectivity index (χ3v) is 6.17. The van der Waals surface area contributed by atoms with Gasteiger partial charge in [0.25, 0.3) is 0 Å². The molecule has 1 aromatic heterocycles. The lowest BCUT2D eigenvalue weighted by atomic mass is 9.77. The molecule has 2 aliphatic rings. The number of amides is 1. The highest BCUT2D eigenvalue weighted by Crippen LogP contribution is 2.42. The number of aryl methyl sites for hydroxylation is 2. The molecule has 1 aromatic carbocycles. The lowest BCUT2D eigenvalue weighted by molar-refractivity contribution is -0.128. The van der Waals surface area contributed by atoms with Crippen LogP contribution in [0, 0.1) is 25.1 Å². The Hall–Kier alpha value is -2.21. The first-order valence-electron chi connectivity index (χ1n) is 9.60. The molecule has 0 atom stereocenters. The number of rotatable bonds is 4. The third-order valence-electron chi connectivity index (χ3n) is 6.17. The van der Waals surface area contributed by atoms with Gasteiger partial charge in [-0.3, -0.25) is 9.69 Å². The minimum Gasteiger partial charge on any atom is -0.361 e. The van der Waals surface area contributed by atoms with Crippen LogP contribution in [0.25, 0.3) is 0 Å². The maximum Gasteiger partial charge on any atom is 0.223 e. The second-order valence-electron chi connectivity index (χ2n) is 8.13. The molecule has 3 heterocycles. The third kappa shape index (κ3) is 3.76. The number of halogens is 1. The monoisotopic (exact) mass is 371 g/mol. The average molecular weight is 371 g/mol. The molecule has 2 aromatic rings. The number of nitrogens with zero attached hydrogens (tertiary/aromatic N) is 3. The summed E-state index contributed by atoms with van der Waals surface area (Å²) in [5.74, 6) is 0.844. The summed E-state index contributed by atoms with van der Waals surface area (Å²) in [6.07, 6.45) is 2.69. The first kappa shape index (κ1) is 18.2. The topological polar surface area (TPSA) is 49.6 Å². The summed E-state index contributed by atoms with van der Waals surface area (Å²) < 4.78 is 18.3. The number of piperidine rings is 1. The van der Waals surface area contributed by atoms with Gasteiger partial charge >= 0.3 is 0 Å². The molecule has 0 unspecified atom stereocenters. The largest absolute Gasteiger partial charge is 0.361 e. The van der Waals surface area contributed by atoms with Gasteiger partial charge in [0.1, 0.15) is 11.6 Å². The van der Waals surface area contributed by atoms with Crippen molar-refractivity contribution in [3.05, 3.63) is 52.7 Å². The molecule has 2 saturated heterocycles. The van der Waals surface area contributed by atoms with Gasteiger partial charge in [-0.05, 0) is 62.9 Å². The second-order valence-corrected chi connectivity index (χ2v) is 8.13. The van der Waals surface area contributed by atoms with Crippen molar-refractivity contribution in [1.29, 1.82) is 0 Å². The van der Waals surface area contributed by atoms with Crippen molar-refractivity contribution in [2.24, 2.45) is 5.41 Å². The van der Waals surface area contributed by atoms with Gasteiger partial charge in [-0.2, -0.15) is 0 Å². The predicted octanol–water partition coefficient (Wildman–Crippen LogP) is 3.45. The van der Waals surface area contributed by atoms with Gasteiger partial charge in [0, 0.05) is 25.1 Å². The summed E-state index contributed by atoms with van der Waals surface area (Å²) in [4.78, 5) is 17.0. The lowest BCUT2D eigenvalue weighted by Gasteiger charge is -2.38. The smallest absolute Gasteiger partial charge is 0.223 e. The summed E-state index contributed by atoms with van der Waals surface area (Å²) in [5.41, 5.74) is 3.13. The quantitative estimate of drug-likeness (QED) is 0.826. The van der Waals surface area contributed by atoms with Gasteiger partial charge in [0.2, 0.25) is 5.91 Å². The van der Waals surface area contributed by atoms with E-state index in [1.807, 2.05) is 30.9 Å². The minimum atomic E-state index is -0.195. The summed E-state index contributed by atoms with van der Waals surface area (Å²) >= 11 is 0. The van der Waals surface area contributed by atoms with E-state index in [2.05, 4.69) is 10.1 Å². The number of likely N-dealkylation sites (tertiary alicyclic amines) is 2. The maximum atomic E-state index is 13.1. The van der Waals surface area contributed by atoms with E-state index in [0.717, 1.165) is 61.6 Å². The van der Waals surface area contributed by atoms with Crippen LogP contribution < -0.4 is 0 Å². The number of carbonyl (C=O) groups is 1. The predicted molar refractivity (Wildman–Crippen MR) is 99.4 cm³/mol. The first-order valence-corrected chi connectivity index (χ1v) is 9.60. The Kier molecular flexibility index (Phi) is 4.76. The Balaban J connectivity index is 1.35. The fourth-order valence-electron chi connectivity index (χ4n) is 4.41. The molecule has 0 radical (unpaired) electrons. The van der Waals surface area contributed by atoms with Gasteiger partial charge in [0.05, 0.1) is 12.2 Å². The molecule has 6 heteroatoms. The Labute approximate surface area is 159 Å². The van der Waals surface area contributed by atoms with Crippen molar-refractivity contribution < 1.29 is 13.7 Å². The molecule has 2 fully saturated rings. The van der Waals surface area contributed by atoms with Gasteiger partial charge in [0.15, 0.2) is 0 Å².